The van der Waals surface area contributed by atoms with Gasteiger partial charge in [-0.2, -0.15) is 0 Å². The minimum Gasteiger partial charge on any atom is -0.377 e. The molecule has 1 rings (SSSR count). The molecule has 0 bridgehead atoms. The van der Waals surface area contributed by atoms with Crippen LogP contribution in [-0.2, 0) is 21.3 Å². The number of hydrogen-bond donors (Lipinski definition) is 2. The summed E-state index contributed by atoms with van der Waals surface area (Å²) in [5.74, 6) is 0. The fraction of sp³-hybridized carbons (Fsp3) is 0.692. The Morgan fingerprint density at radius 3 is 2.65 bits per heavy atom. The number of rotatable bonds is 9. The summed E-state index contributed by atoms with van der Waals surface area (Å²) >= 11 is 1.45. The lowest BCUT2D eigenvalue weighted by Gasteiger charge is -2.14. The van der Waals surface area contributed by atoms with Crippen LogP contribution in [0.25, 0.3) is 0 Å². The highest BCUT2D eigenvalue weighted by molar-refractivity contribution is 7.89. The van der Waals surface area contributed by atoms with Crippen LogP contribution in [0.15, 0.2) is 16.3 Å². The van der Waals surface area contributed by atoms with Crippen LogP contribution in [0.3, 0.4) is 0 Å². The molecule has 1 aromatic heterocycles. The predicted molar refractivity (Wildman–Crippen MR) is 82.6 cm³/mol. The highest BCUT2D eigenvalue weighted by Gasteiger charge is 2.20. The number of hydrogen-bond acceptors (Lipinski definition) is 5. The highest BCUT2D eigenvalue weighted by Crippen LogP contribution is 2.21. The largest absolute Gasteiger partial charge is 0.377 e. The Hall–Kier alpha value is -0.470. The Balaban J connectivity index is 2.70. The third kappa shape index (κ3) is 5.49. The third-order valence-electron chi connectivity index (χ3n) is 2.68. The Bertz CT molecular complexity index is 497. The van der Waals surface area contributed by atoms with Gasteiger partial charge >= 0.3 is 0 Å². The molecule has 1 aromatic rings. The maximum atomic E-state index is 12.3. The van der Waals surface area contributed by atoms with E-state index in [0.717, 1.165) is 4.88 Å². The van der Waals surface area contributed by atoms with Crippen LogP contribution in [0, 0.1) is 0 Å². The van der Waals surface area contributed by atoms with Gasteiger partial charge in [0.05, 0.1) is 11.0 Å². The maximum Gasteiger partial charge on any atom is 0.241 e. The summed E-state index contributed by atoms with van der Waals surface area (Å²) in [7, 11) is -3.47. The number of thiophene rings is 1. The van der Waals surface area contributed by atoms with Gasteiger partial charge in [0, 0.05) is 30.6 Å². The molecule has 5 nitrogen and oxygen atoms in total. The zero-order valence-corrected chi connectivity index (χ0v) is 14.1. The molecule has 0 aliphatic carbocycles. The van der Waals surface area contributed by atoms with E-state index in [1.54, 1.807) is 11.4 Å². The van der Waals surface area contributed by atoms with E-state index >= 15 is 0 Å². The molecular weight excluding hydrogens is 296 g/mol. The van der Waals surface area contributed by atoms with Gasteiger partial charge in [-0.1, -0.05) is 13.8 Å². The van der Waals surface area contributed by atoms with Crippen molar-refractivity contribution in [3.63, 3.8) is 0 Å². The van der Waals surface area contributed by atoms with E-state index in [4.69, 9.17) is 4.74 Å². The lowest BCUT2D eigenvalue weighted by Crippen LogP contribution is -2.32. The van der Waals surface area contributed by atoms with Crippen molar-refractivity contribution < 1.29 is 13.2 Å². The Morgan fingerprint density at radius 1 is 1.35 bits per heavy atom. The lowest BCUT2D eigenvalue weighted by molar-refractivity contribution is 0.0799. The summed E-state index contributed by atoms with van der Waals surface area (Å²) in [4.78, 5) is 1.19. The zero-order chi connectivity index (χ0) is 15.2. The molecule has 0 spiro atoms. The lowest BCUT2D eigenvalue weighted by atomic mass is 10.4. The number of nitrogens with one attached hydrogen (secondary N) is 2. The predicted octanol–water partition coefficient (Wildman–Crippen LogP) is 1.95. The van der Waals surface area contributed by atoms with E-state index in [0.29, 0.717) is 24.1 Å². The summed E-state index contributed by atoms with van der Waals surface area (Å²) in [5.41, 5.74) is 0. The molecule has 1 heterocycles. The molecule has 0 fully saturated rings. The van der Waals surface area contributed by atoms with Crippen LogP contribution in [0.5, 0.6) is 0 Å². The average molecular weight is 320 g/mol. The van der Waals surface area contributed by atoms with Crippen molar-refractivity contribution in [2.24, 2.45) is 0 Å². The van der Waals surface area contributed by atoms with Crippen molar-refractivity contribution in [3.05, 3.63) is 16.3 Å². The molecule has 0 saturated heterocycles. The Kier molecular flexibility index (Phi) is 7.11. The monoisotopic (exact) mass is 320 g/mol. The van der Waals surface area contributed by atoms with Crippen LogP contribution in [0.4, 0.5) is 0 Å². The highest BCUT2D eigenvalue weighted by atomic mass is 32.2. The van der Waals surface area contributed by atoms with Crippen LogP contribution in [-0.4, -0.2) is 33.7 Å². The fourth-order valence-corrected chi connectivity index (χ4v) is 4.15. The molecule has 7 heteroatoms. The molecule has 116 valence electrons. The minimum atomic E-state index is -3.47. The van der Waals surface area contributed by atoms with Gasteiger partial charge in [0.2, 0.25) is 10.0 Å². The molecule has 20 heavy (non-hydrogen) atoms. The molecule has 2 N–H and O–H groups in total. The van der Waals surface area contributed by atoms with Crippen molar-refractivity contribution in [1.82, 2.24) is 10.0 Å². The van der Waals surface area contributed by atoms with Gasteiger partial charge in [-0.15, -0.1) is 11.3 Å². The van der Waals surface area contributed by atoms with Crippen LogP contribution in [0.1, 0.15) is 32.6 Å². The van der Waals surface area contributed by atoms with E-state index < -0.39 is 10.0 Å². The molecular formula is C13H24N2O3S2. The van der Waals surface area contributed by atoms with Gasteiger partial charge in [0.1, 0.15) is 0 Å². The summed E-state index contributed by atoms with van der Waals surface area (Å²) < 4.78 is 32.5. The van der Waals surface area contributed by atoms with Gasteiger partial charge in [-0.05, 0) is 25.3 Å². The van der Waals surface area contributed by atoms with Crippen molar-refractivity contribution in [1.29, 1.82) is 0 Å². The first kappa shape index (κ1) is 17.6. The first-order valence-corrected chi connectivity index (χ1v) is 9.14. The molecule has 0 saturated carbocycles. The normalized spacial score (nSPS) is 13.8. The van der Waals surface area contributed by atoms with Crippen molar-refractivity contribution in [3.8, 4) is 0 Å². The standard InChI is InChI=1S/C13H24N2O3S2/c1-5-18-11(4)8-15-20(16,17)13-6-7-19-12(13)9-14-10(2)3/h6-7,10-11,14-15H,5,8-9H2,1-4H3. The molecule has 0 aliphatic heterocycles. The van der Waals surface area contributed by atoms with Crippen LogP contribution in [0.2, 0.25) is 0 Å². The smallest absolute Gasteiger partial charge is 0.241 e. The molecule has 1 atom stereocenters. The first-order valence-electron chi connectivity index (χ1n) is 6.77. The van der Waals surface area contributed by atoms with E-state index in [2.05, 4.69) is 10.0 Å². The second-order valence-electron chi connectivity index (χ2n) is 4.86. The van der Waals surface area contributed by atoms with E-state index in [9.17, 15) is 8.42 Å². The number of sulfonamides is 1. The molecule has 1 unspecified atom stereocenters. The zero-order valence-electron chi connectivity index (χ0n) is 12.5. The van der Waals surface area contributed by atoms with Gasteiger partial charge in [0.15, 0.2) is 0 Å². The summed E-state index contributed by atoms with van der Waals surface area (Å²) in [5, 5.41) is 5.04. The SMILES string of the molecule is CCOC(C)CNS(=O)(=O)c1ccsc1CNC(C)C. The molecule has 0 radical (unpaired) electrons. The van der Waals surface area contributed by atoms with Gasteiger partial charge < -0.3 is 10.1 Å². The van der Waals surface area contributed by atoms with Gasteiger partial charge in [-0.3, -0.25) is 0 Å². The fourth-order valence-electron chi connectivity index (χ4n) is 1.64. The second-order valence-corrected chi connectivity index (χ2v) is 7.60. The third-order valence-corrected chi connectivity index (χ3v) is 5.24. The topological polar surface area (TPSA) is 67.4 Å². The van der Waals surface area contributed by atoms with E-state index in [1.165, 1.54) is 11.3 Å². The molecule has 0 aliphatic rings. The van der Waals surface area contributed by atoms with Crippen LogP contribution >= 0.6 is 11.3 Å². The second kappa shape index (κ2) is 8.09. The van der Waals surface area contributed by atoms with Crippen molar-refractivity contribution in [2.75, 3.05) is 13.2 Å². The van der Waals surface area contributed by atoms with Crippen molar-refractivity contribution >= 4 is 21.4 Å². The van der Waals surface area contributed by atoms with Crippen molar-refractivity contribution in [2.45, 2.75) is 51.3 Å². The van der Waals surface area contributed by atoms with Gasteiger partial charge in [0.25, 0.3) is 0 Å². The molecule has 0 amide bonds. The summed E-state index contributed by atoms with van der Waals surface area (Å²) in [6.45, 7) is 9.22. The summed E-state index contributed by atoms with van der Waals surface area (Å²) in [6.07, 6.45) is -0.134. The minimum absolute atomic E-state index is 0.134. The van der Waals surface area contributed by atoms with E-state index in [1.807, 2.05) is 27.7 Å². The summed E-state index contributed by atoms with van der Waals surface area (Å²) in [6, 6.07) is 1.97. The van der Waals surface area contributed by atoms with E-state index in [-0.39, 0.29) is 12.6 Å². The average Bonchev–Trinajstić information content (AvgIpc) is 2.83. The Labute approximate surface area is 125 Å². The molecule has 0 aromatic carbocycles. The Morgan fingerprint density at radius 2 is 2.05 bits per heavy atom. The number of ether oxygens (including phenoxy) is 1. The van der Waals surface area contributed by atoms with Crippen LogP contribution < -0.4 is 10.0 Å². The quantitative estimate of drug-likeness (QED) is 0.730. The van der Waals surface area contributed by atoms with Gasteiger partial charge in [-0.25, -0.2) is 13.1 Å². The first-order chi connectivity index (χ1) is 9.36. The maximum absolute atomic E-state index is 12.3.